The molecule has 3 saturated heterocycles. The molecule has 3 aliphatic heterocycles. The van der Waals surface area contributed by atoms with Crippen LogP contribution in [0.25, 0.3) is 0 Å². The van der Waals surface area contributed by atoms with Gasteiger partial charge in [-0.25, -0.2) is 9.59 Å². The number of hydrogen-bond acceptors (Lipinski definition) is 5. The number of urea groups is 1. The molecule has 4 fully saturated rings. The summed E-state index contributed by atoms with van der Waals surface area (Å²) < 4.78 is 5.43. The Kier molecular flexibility index (Phi) is 5.70. The van der Waals surface area contributed by atoms with Crippen molar-refractivity contribution in [2.45, 2.75) is 76.8 Å². The zero-order valence-corrected chi connectivity index (χ0v) is 20.2. The van der Waals surface area contributed by atoms with Crippen LogP contribution in [0.5, 0.6) is 0 Å². The molecule has 1 aromatic rings. The molecule has 9 nitrogen and oxygen atoms in total. The Morgan fingerprint density at radius 3 is 2.50 bits per heavy atom. The van der Waals surface area contributed by atoms with Gasteiger partial charge in [0.2, 0.25) is 5.91 Å². The Bertz CT molecular complexity index is 948. The molecule has 1 spiro atoms. The highest BCUT2D eigenvalue weighted by Crippen LogP contribution is 2.48. The van der Waals surface area contributed by atoms with Crippen molar-refractivity contribution >= 4 is 18.0 Å². The zero-order valence-electron chi connectivity index (χ0n) is 20.2. The van der Waals surface area contributed by atoms with Gasteiger partial charge >= 0.3 is 12.1 Å². The van der Waals surface area contributed by atoms with Crippen LogP contribution in [-0.2, 0) is 21.0 Å². The monoisotopic (exact) mass is 470 g/mol. The number of hydroxylamine groups is 2. The van der Waals surface area contributed by atoms with Crippen molar-refractivity contribution in [1.82, 2.24) is 20.2 Å². The Hall–Kier alpha value is -2.81. The molecule has 9 heteroatoms. The highest BCUT2D eigenvalue weighted by molar-refractivity contribution is 5.88. The number of hydrogen-bond donors (Lipinski definition) is 1. The van der Waals surface area contributed by atoms with Crippen molar-refractivity contribution in [3.8, 4) is 0 Å². The van der Waals surface area contributed by atoms with Gasteiger partial charge in [0.25, 0.3) is 0 Å². The molecule has 5 rings (SSSR count). The molecule has 4 aliphatic rings. The number of amides is 4. The summed E-state index contributed by atoms with van der Waals surface area (Å²) >= 11 is 0. The van der Waals surface area contributed by atoms with Crippen molar-refractivity contribution in [2.75, 3.05) is 19.6 Å². The van der Waals surface area contributed by atoms with Gasteiger partial charge in [-0.1, -0.05) is 30.3 Å². The smallest absolute Gasteiger partial charge is 0.410 e. The van der Waals surface area contributed by atoms with Crippen LogP contribution in [0.15, 0.2) is 30.3 Å². The molecular formula is C25H34N4O5. The predicted molar refractivity (Wildman–Crippen MR) is 123 cm³/mol. The molecule has 2 bridgehead atoms. The maximum Gasteiger partial charge on any atom is 0.410 e. The van der Waals surface area contributed by atoms with Gasteiger partial charge in [0.1, 0.15) is 18.2 Å². The van der Waals surface area contributed by atoms with Gasteiger partial charge in [0.05, 0.1) is 6.04 Å². The van der Waals surface area contributed by atoms with E-state index in [0.29, 0.717) is 32.7 Å². The molecule has 0 unspecified atom stereocenters. The fourth-order valence-electron chi connectivity index (χ4n) is 5.65. The second-order valence-electron chi connectivity index (χ2n) is 11.2. The van der Waals surface area contributed by atoms with E-state index < -0.39 is 11.6 Å². The number of nitrogens with zero attached hydrogens (tertiary/aromatic N) is 3. The van der Waals surface area contributed by atoms with E-state index in [-0.39, 0.29) is 35.5 Å². The number of carbonyl (C=O) groups is 3. The highest BCUT2D eigenvalue weighted by atomic mass is 16.7. The lowest BCUT2D eigenvalue weighted by atomic mass is 9.60. The Morgan fingerprint density at radius 2 is 1.82 bits per heavy atom. The van der Waals surface area contributed by atoms with E-state index in [1.807, 2.05) is 51.1 Å². The van der Waals surface area contributed by atoms with Gasteiger partial charge in [-0.05, 0) is 52.0 Å². The van der Waals surface area contributed by atoms with Crippen molar-refractivity contribution in [3.63, 3.8) is 0 Å². The number of likely N-dealkylation sites (tertiary alicyclic amines) is 1. The topological polar surface area (TPSA) is 91.4 Å². The molecule has 2 atom stereocenters. The first-order chi connectivity index (χ1) is 16.1. The van der Waals surface area contributed by atoms with E-state index in [1.165, 1.54) is 5.06 Å². The minimum atomic E-state index is -0.496. The standard InChI is InChI=1S/C25H34N4O5/c1-24(2,3)34-23(32)27-15-25(16-27)11-18(12-25)26-21(30)20-10-9-19-13-28(20)22(31)29(19)33-14-17-7-5-4-6-8-17/h4-8,18-20H,9-16H2,1-3H3,(H,26,30)/t19-,20+/m1/s1. The summed E-state index contributed by atoms with van der Waals surface area (Å²) in [5, 5.41) is 4.60. The number of carbonyl (C=O) groups excluding carboxylic acids is 3. The average molecular weight is 471 g/mol. The van der Waals surface area contributed by atoms with Gasteiger partial charge in [-0.2, -0.15) is 5.06 Å². The summed E-state index contributed by atoms with van der Waals surface area (Å²) in [6.45, 7) is 7.80. The molecule has 4 amide bonds. The van der Waals surface area contributed by atoms with Crippen molar-refractivity contribution in [3.05, 3.63) is 35.9 Å². The van der Waals surface area contributed by atoms with E-state index in [2.05, 4.69) is 5.32 Å². The minimum absolute atomic E-state index is 0.0129. The lowest BCUT2D eigenvalue weighted by Crippen LogP contribution is -2.68. The quantitative estimate of drug-likeness (QED) is 0.715. The van der Waals surface area contributed by atoms with E-state index in [1.54, 1.807) is 9.80 Å². The van der Waals surface area contributed by atoms with Crippen LogP contribution in [0.1, 0.15) is 52.0 Å². The van der Waals surface area contributed by atoms with Gasteiger partial charge in [0.15, 0.2) is 0 Å². The summed E-state index contributed by atoms with van der Waals surface area (Å²) in [7, 11) is 0. The third-order valence-electron chi connectivity index (χ3n) is 7.25. The number of rotatable bonds is 5. The van der Waals surface area contributed by atoms with Crippen LogP contribution >= 0.6 is 0 Å². The summed E-state index contributed by atoms with van der Waals surface area (Å²) in [4.78, 5) is 47.4. The predicted octanol–water partition coefficient (Wildman–Crippen LogP) is 2.90. The van der Waals surface area contributed by atoms with E-state index in [4.69, 9.17) is 9.57 Å². The van der Waals surface area contributed by atoms with Gasteiger partial charge < -0.3 is 19.9 Å². The molecule has 34 heavy (non-hydrogen) atoms. The molecule has 1 N–H and O–H groups in total. The minimum Gasteiger partial charge on any atom is -0.444 e. The summed E-state index contributed by atoms with van der Waals surface area (Å²) in [5.74, 6) is -0.0834. The SMILES string of the molecule is CC(C)(C)OC(=O)N1CC2(CC(NC(=O)[C@@H]3CC[C@@H]4CN3C(=O)N4OCc3ccccc3)C2)C1. The normalized spacial score (nSPS) is 25.7. The van der Waals surface area contributed by atoms with E-state index >= 15 is 0 Å². The zero-order chi connectivity index (χ0) is 24.1. The largest absolute Gasteiger partial charge is 0.444 e. The van der Waals surface area contributed by atoms with Gasteiger partial charge in [0, 0.05) is 31.1 Å². The maximum atomic E-state index is 13.0. The molecule has 184 valence electrons. The molecule has 1 aliphatic carbocycles. The number of benzene rings is 1. The fraction of sp³-hybridized carbons (Fsp3) is 0.640. The summed E-state index contributed by atoms with van der Waals surface area (Å²) in [6, 6.07) is 9.15. The Morgan fingerprint density at radius 1 is 1.12 bits per heavy atom. The van der Waals surface area contributed by atoms with Crippen LogP contribution in [0.4, 0.5) is 9.59 Å². The fourth-order valence-corrected chi connectivity index (χ4v) is 5.65. The molecule has 3 heterocycles. The van der Waals surface area contributed by atoms with Gasteiger partial charge in [-0.15, -0.1) is 0 Å². The third kappa shape index (κ3) is 4.45. The first kappa shape index (κ1) is 23.0. The van der Waals surface area contributed by atoms with Crippen LogP contribution in [0.3, 0.4) is 0 Å². The van der Waals surface area contributed by atoms with Crippen molar-refractivity contribution in [2.24, 2.45) is 5.41 Å². The number of nitrogens with one attached hydrogen (secondary N) is 1. The maximum absolute atomic E-state index is 13.0. The van der Waals surface area contributed by atoms with Crippen LogP contribution in [-0.4, -0.2) is 76.3 Å². The second-order valence-corrected chi connectivity index (χ2v) is 11.2. The molecular weight excluding hydrogens is 436 g/mol. The van der Waals surface area contributed by atoms with Crippen LogP contribution < -0.4 is 5.32 Å². The highest BCUT2D eigenvalue weighted by Gasteiger charge is 2.55. The van der Waals surface area contributed by atoms with Gasteiger partial charge in [-0.3, -0.25) is 9.63 Å². The first-order valence-corrected chi connectivity index (χ1v) is 12.2. The number of piperidine rings is 1. The van der Waals surface area contributed by atoms with Crippen LogP contribution in [0, 0.1) is 5.41 Å². The molecule has 1 aromatic carbocycles. The van der Waals surface area contributed by atoms with Crippen molar-refractivity contribution in [1.29, 1.82) is 0 Å². The molecule has 1 saturated carbocycles. The first-order valence-electron chi connectivity index (χ1n) is 12.2. The summed E-state index contributed by atoms with van der Waals surface area (Å²) in [5.41, 5.74) is 0.600. The average Bonchev–Trinajstić information content (AvgIpc) is 2.96. The Balaban J connectivity index is 1.08. The Labute approximate surface area is 200 Å². The van der Waals surface area contributed by atoms with Crippen molar-refractivity contribution < 1.29 is 24.0 Å². The number of fused-ring (bicyclic) bond motifs is 2. The lowest BCUT2D eigenvalue weighted by Gasteiger charge is -2.58. The third-order valence-corrected chi connectivity index (χ3v) is 7.25. The lowest BCUT2D eigenvalue weighted by molar-refractivity contribution is -0.140. The van der Waals surface area contributed by atoms with E-state index in [0.717, 1.165) is 24.8 Å². The summed E-state index contributed by atoms with van der Waals surface area (Å²) in [6.07, 6.45) is 2.82. The van der Waals surface area contributed by atoms with E-state index in [9.17, 15) is 14.4 Å². The number of ether oxygens (including phenoxy) is 1. The molecule has 0 radical (unpaired) electrons. The van der Waals surface area contributed by atoms with Crippen LogP contribution in [0.2, 0.25) is 0 Å². The second kappa shape index (κ2) is 8.45. The molecule has 0 aromatic heterocycles.